The van der Waals surface area contributed by atoms with Gasteiger partial charge in [-0.15, -0.1) is 0 Å². The van der Waals surface area contributed by atoms with Crippen LogP contribution in [0.2, 0.25) is 0 Å². The first-order chi connectivity index (χ1) is 10.0. The number of fused-ring (bicyclic) bond motifs is 1. The summed E-state index contributed by atoms with van der Waals surface area (Å²) in [5.74, 6) is -1.37. The molecule has 3 rings (SSSR count). The van der Waals surface area contributed by atoms with Gasteiger partial charge in [-0.3, -0.25) is 4.79 Å². The van der Waals surface area contributed by atoms with Gasteiger partial charge in [-0.2, -0.15) is 0 Å². The first-order valence-corrected chi connectivity index (χ1v) is 6.77. The Hall–Kier alpha value is -2.41. The Bertz CT molecular complexity index is 895. The van der Waals surface area contributed by atoms with Gasteiger partial charge in [0, 0.05) is 11.8 Å². The molecule has 7 heteroatoms. The Morgan fingerprint density at radius 2 is 1.95 bits per heavy atom. The second-order valence-electron chi connectivity index (χ2n) is 4.32. The molecule has 0 aliphatic rings. The second-order valence-corrected chi connectivity index (χ2v) is 5.36. The Morgan fingerprint density at radius 1 is 1.14 bits per heavy atom. The van der Waals surface area contributed by atoms with Crippen molar-refractivity contribution >= 4 is 28.4 Å². The van der Waals surface area contributed by atoms with Crippen LogP contribution in [0.3, 0.4) is 0 Å². The lowest BCUT2D eigenvalue weighted by Gasteiger charge is -2.04. The number of nitrogens with one attached hydrogen (secondary N) is 1. The van der Waals surface area contributed by atoms with Crippen LogP contribution in [0.4, 0.5) is 14.5 Å². The minimum absolute atomic E-state index is 0.175. The highest BCUT2D eigenvalue weighted by molar-refractivity contribution is 7.99. The third-order valence-electron chi connectivity index (χ3n) is 2.81. The van der Waals surface area contributed by atoms with Crippen LogP contribution in [-0.2, 0) is 0 Å². The van der Waals surface area contributed by atoms with Gasteiger partial charge >= 0.3 is 0 Å². The molecule has 1 aromatic heterocycles. The molecule has 0 saturated heterocycles. The van der Waals surface area contributed by atoms with Gasteiger partial charge in [0.2, 0.25) is 0 Å². The highest BCUT2D eigenvalue weighted by Crippen LogP contribution is 2.27. The van der Waals surface area contributed by atoms with Crippen LogP contribution in [0.25, 0.3) is 10.9 Å². The molecule has 0 aliphatic heterocycles. The van der Waals surface area contributed by atoms with Crippen LogP contribution in [0, 0.1) is 11.6 Å². The number of aromatic nitrogens is 2. The predicted octanol–water partition coefficient (Wildman–Crippen LogP) is 2.93. The van der Waals surface area contributed by atoms with Gasteiger partial charge in [-0.05, 0) is 42.1 Å². The van der Waals surface area contributed by atoms with Gasteiger partial charge in [-0.25, -0.2) is 13.8 Å². The van der Waals surface area contributed by atoms with Gasteiger partial charge in [0.25, 0.3) is 5.56 Å². The summed E-state index contributed by atoms with van der Waals surface area (Å²) < 4.78 is 26.5. The van der Waals surface area contributed by atoms with E-state index in [9.17, 15) is 13.6 Å². The zero-order chi connectivity index (χ0) is 15.0. The number of nitrogen functional groups attached to an aromatic ring is 1. The van der Waals surface area contributed by atoms with Crippen molar-refractivity contribution in [3.63, 3.8) is 0 Å². The maximum atomic E-state index is 13.6. The van der Waals surface area contributed by atoms with Gasteiger partial charge in [-0.1, -0.05) is 0 Å². The molecule has 0 bridgehead atoms. The summed E-state index contributed by atoms with van der Waals surface area (Å²) in [6, 6.07) is 7.98. The van der Waals surface area contributed by atoms with Crippen molar-refractivity contribution in [2.24, 2.45) is 0 Å². The Kier molecular flexibility index (Phi) is 3.34. The summed E-state index contributed by atoms with van der Waals surface area (Å²) in [6.45, 7) is 0. The number of hydrogen-bond acceptors (Lipinski definition) is 4. The van der Waals surface area contributed by atoms with E-state index < -0.39 is 11.6 Å². The molecule has 0 saturated carbocycles. The van der Waals surface area contributed by atoms with Gasteiger partial charge in [0.1, 0.15) is 11.6 Å². The topological polar surface area (TPSA) is 71.8 Å². The maximum absolute atomic E-state index is 13.6. The fraction of sp³-hybridized carbons (Fsp3) is 0. The van der Waals surface area contributed by atoms with E-state index in [0.29, 0.717) is 16.6 Å². The van der Waals surface area contributed by atoms with Crippen molar-refractivity contribution < 1.29 is 8.78 Å². The predicted molar refractivity (Wildman–Crippen MR) is 77.3 cm³/mol. The molecule has 3 N–H and O–H groups in total. The third kappa shape index (κ3) is 2.73. The molecular weight excluding hydrogens is 296 g/mol. The number of nitrogens with zero attached hydrogens (tertiary/aromatic N) is 1. The monoisotopic (exact) mass is 305 g/mol. The number of rotatable bonds is 2. The van der Waals surface area contributed by atoms with Crippen molar-refractivity contribution in [3.05, 3.63) is 58.4 Å². The molecule has 0 atom stereocenters. The second kappa shape index (κ2) is 5.17. The number of benzene rings is 2. The third-order valence-corrected chi connectivity index (χ3v) is 3.75. The fourth-order valence-electron chi connectivity index (χ4n) is 1.85. The van der Waals surface area contributed by atoms with Crippen molar-refractivity contribution in [1.82, 2.24) is 9.97 Å². The van der Waals surface area contributed by atoms with E-state index in [1.165, 1.54) is 12.1 Å². The highest BCUT2D eigenvalue weighted by atomic mass is 32.2. The summed E-state index contributed by atoms with van der Waals surface area (Å²) in [7, 11) is 0. The van der Waals surface area contributed by atoms with Crippen molar-refractivity contribution in [2.75, 3.05) is 5.73 Å². The molecule has 21 heavy (non-hydrogen) atoms. The van der Waals surface area contributed by atoms with Crippen LogP contribution in [-0.4, -0.2) is 9.97 Å². The maximum Gasteiger partial charge on any atom is 0.259 e. The molecule has 0 fully saturated rings. The van der Waals surface area contributed by atoms with Crippen LogP contribution in [0.1, 0.15) is 0 Å². The summed E-state index contributed by atoms with van der Waals surface area (Å²) in [5, 5.41) is 0.585. The number of hydrogen-bond donors (Lipinski definition) is 2. The van der Waals surface area contributed by atoms with Crippen molar-refractivity contribution in [1.29, 1.82) is 0 Å². The van der Waals surface area contributed by atoms with Crippen LogP contribution < -0.4 is 11.3 Å². The van der Waals surface area contributed by atoms with Crippen LogP contribution in [0.5, 0.6) is 0 Å². The smallest absolute Gasteiger partial charge is 0.259 e. The van der Waals surface area contributed by atoms with E-state index in [-0.39, 0.29) is 15.6 Å². The van der Waals surface area contributed by atoms with E-state index in [2.05, 4.69) is 9.97 Å². The van der Waals surface area contributed by atoms with E-state index in [4.69, 9.17) is 5.73 Å². The van der Waals surface area contributed by atoms with Gasteiger partial charge in [0.05, 0.1) is 15.8 Å². The summed E-state index contributed by atoms with van der Waals surface area (Å²) in [4.78, 5) is 18.9. The molecule has 106 valence electrons. The number of nitrogens with two attached hydrogens (primary N) is 1. The molecule has 0 spiro atoms. The summed E-state index contributed by atoms with van der Waals surface area (Å²) in [5.41, 5.74) is 6.17. The van der Waals surface area contributed by atoms with Crippen LogP contribution >= 0.6 is 11.8 Å². The standard InChI is InChI=1S/C14H9F2N3OS/c15-7-1-4-12(10(16)5-7)21-14-18-11-3-2-8(17)6-9(11)13(20)19-14/h1-6H,17H2,(H,18,19,20). The lowest BCUT2D eigenvalue weighted by molar-refractivity contribution is 0.565. The molecule has 2 aromatic carbocycles. The largest absolute Gasteiger partial charge is 0.399 e. The van der Waals surface area contributed by atoms with Gasteiger partial charge in [0.15, 0.2) is 5.16 Å². The highest BCUT2D eigenvalue weighted by Gasteiger charge is 2.09. The Morgan fingerprint density at radius 3 is 2.71 bits per heavy atom. The fourth-order valence-corrected chi connectivity index (χ4v) is 2.63. The van der Waals surface area contributed by atoms with E-state index in [1.54, 1.807) is 12.1 Å². The zero-order valence-electron chi connectivity index (χ0n) is 10.6. The minimum Gasteiger partial charge on any atom is -0.399 e. The molecule has 0 amide bonds. The molecule has 0 radical (unpaired) electrons. The average Bonchev–Trinajstić information content (AvgIpc) is 2.43. The summed E-state index contributed by atoms with van der Waals surface area (Å²) in [6.07, 6.45) is 0. The van der Waals surface area contributed by atoms with Crippen LogP contribution in [0.15, 0.2) is 51.2 Å². The molecule has 0 aliphatic carbocycles. The normalized spacial score (nSPS) is 11.0. The van der Waals surface area contributed by atoms with E-state index in [0.717, 1.165) is 23.9 Å². The lowest BCUT2D eigenvalue weighted by Crippen LogP contribution is -2.09. The molecule has 1 heterocycles. The number of halogens is 2. The minimum atomic E-state index is -0.708. The van der Waals surface area contributed by atoms with Crippen molar-refractivity contribution in [2.45, 2.75) is 10.1 Å². The molecule has 4 nitrogen and oxygen atoms in total. The first kappa shape index (κ1) is 13.6. The number of H-pyrrole nitrogens is 1. The Labute approximate surface area is 122 Å². The molecular formula is C14H9F2N3OS. The zero-order valence-corrected chi connectivity index (χ0v) is 11.4. The van der Waals surface area contributed by atoms with E-state index in [1.807, 2.05) is 0 Å². The first-order valence-electron chi connectivity index (χ1n) is 5.95. The quantitative estimate of drug-likeness (QED) is 0.564. The number of anilines is 1. The van der Waals surface area contributed by atoms with Crippen molar-refractivity contribution in [3.8, 4) is 0 Å². The molecule has 3 aromatic rings. The van der Waals surface area contributed by atoms with Gasteiger partial charge < -0.3 is 10.7 Å². The average molecular weight is 305 g/mol. The summed E-state index contributed by atoms with van der Waals surface area (Å²) >= 11 is 0.917. The number of aromatic amines is 1. The molecule has 0 unspecified atom stereocenters. The Balaban J connectivity index is 2.05. The lowest BCUT2D eigenvalue weighted by atomic mass is 10.2. The SMILES string of the molecule is Nc1ccc2nc(Sc3ccc(F)cc3F)[nH]c(=O)c2c1. The van der Waals surface area contributed by atoms with E-state index >= 15 is 0 Å².